The third-order valence-electron chi connectivity index (χ3n) is 3.41. The van der Waals surface area contributed by atoms with Crippen molar-refractivity contribution in [3.05, 3.63) is 58.4 Å². The summed E-state index contributed by atoms with van der Waals surface area (Å²) in [5.41, 5.74) is 5.25. The van der Waals surface area contributed by atoms with Gasteiger partial charge in [-0.05, 0) is 44.4 Å². The lowest BCUT2D eigenvalue weighted by molar-refractivity contribution is 0.580. The van der Waals surface area contributed by atoms with Crippen LogP contribution in [0.15, 0.2) is 30.3 Å². The van der Waals surface area contributed by atoms with Crippen LogP contribution < -0.4 is 4.72 Å². The molecule has 21 heavy (non-hydrogen) atoms. The Hall–Kier alpha value is -1.59. The van der Waals surface area contributed by atoms with E-state index in [2.05, 4.69) is 15.8 Å². The minimum absolute atomic E-state index is 0.0276. The molecule has 0 aliphatic carbocycles. The third kappa shape index (κ3) is 4.72. The fraction of sp³-hybridized carbons (Fsp3) is 0.375. The average molecular weight is 306 g/mol. The van der Waals surface area contributed by atoms with E-state index in [1.807, 2.05) is 45.0 Å². The molecule has 2 rings (SSSR count). The number of sulfonamides is 1. The van der Waals surface area contributed by atoms with Crippen LogP contribution in [-0.2, 0) is 22.2 Å². The van der Waals surface area contributed by atoms with Crippen LogP contribution in [0.5, 0.6) is 0 Å². The summed E-state index contributed by atoms with van der Waals surface area (Å²) in [6.45, 7) is 6.38. The summed E-state index contributed by atoms with van der Waals surface area (Å²) in [7, 11) is -3.29. The van der Waals surface area contributed by atoms with E-state index in [0.717, 1.165) is 28.1 Å². The Labute approximate surface area is 126 Å². The molecule has 1 aromatic heterocycles. The van der Waals surface area contributed by atoms with Crippen molar-refractivity contribution < 1.29 is 8.42 Å². The van der Waals surface area contributed by atoms with Gasteiger partial charge in [0.25, 0.3) is 0 Å². The maximum Gasteiger partial charge on any atom is 0.215 e. The van der Waals surface area contributed by atoms with Crippen molar-refractivity contribution >= 4 is 10.0 Å². The van der Waals surface area contributed by atoms with Gasteiger partial charge >= 0.3 is 0 Å². The fourth-order valence-electron chi connectivity index (χ4n) is 2.45. The Morgan fingerprint density at radius 3 is 2.52 bits per heavy atom. The first kappa shape index (κ1) is 15.8. The molecule has 0 unspecified atom stereocenters. The van der Waals surface area contributed by atoms with Gasteiger partial charge in [-0.25, -0.2) is 13.1 Å². The zero-order chi connectivity index (χ0) is 15.5. The van der Waals surface area contributed by atoms with Crippen LogP contribution in [0.2, 0.25) is 0 Å². The topological polar surface area (TPSA) is 62.0 Å². The second kappa shape index (κ2) is 6.45. The first-order valence-corrected chi connectivity index (χ1v) is 8.69. The van der Waals surface area contributed by atoms with Gasteiger partial charge in [0, 0.05) is 17.9 Å². The van der Waals surface area contributed by atoms with E-state index >= 15 is 0 Å². The van der Waals surface area contributed by atoms with E-state index in [1.165, 1.54) is 0 Å². The highest BCUT2D eigenvalue weighted by atomic mass is 32.2. The Balaban J connectivity index is 1.91. The number of benzene rings is 1. The Bertz CT molecular complexity index is 718. The summed E-state index contributed by atoms with van der Waals surface area (Å²) in [4.78, 5) is 3.22. The molecule has 4 nitrogen and oxygen atoms in total. The van der Waals surface area contributed by atoms with Gasteiger partial charge in [-0.15, -0.1) is 0 Å². The quantitative estimate of drug-likeness (QED) is 0.861. The standard InChI is InChI=1S/C16H22N2O2S/c1-12-5-4-6-15(9-12)11-21(19,20)17-8-7-16-10-13(2)18-14(16)3/h4-6,9-10,17-18H,7-8,11H2,1-3H3. The van der Waals surface area contributed by atoms with E-state index in [4.69, 9.17) is 0 Å². The molecule has 114 valence electrons. The van der Waals surface area contributed by atoms with Crippen LogP contribution in [0, 0.1) is 20.8 Å². The highest BCUT2D eigenvalue weighted by Gasteiger charge is 2.11. The number of hydrogen-bond acceptors (Lipinski definition) is 2. The van der Waals surface area contributed by atoms with E-state index in [1.54, 1.807) is 0 Å². The number of H-pyrrole nitrogens is 1. The number of aromatic amines is 1. The zero-order valence-electron chi connectivity index (χ0n) is 12.7. The number of rotatable bonds is 6. The molecular weight excluding hydrogens is 284 g/mol. The summed E-state index contributed by atoms with van der Waals surface area (Å²) in [6, 6.07) is 9.64. The second-order valence-electron chi connectivity index (χ2n) is 5.50. The lowest BCUT2D eigenvalue weighted by Gasteiger charge is -2.07. The van der Waals surface area contributed by atoms with Crippen molar-refractivity contribution in [1.29, 1.82) is 0 Å². The SMILES string of the molecule is Cc1cccc(CS(=O)(=O)NCCc2cc(C)[nH]c2C)c1. The first-order chi connectivity index (χ1) is 9.85. The second-order valence-corrected chi connectivity index (χ2v) is 7.30. The van der Waals surface area contributed by atoms with Gasteiger partial charge in [-0.3, -0.25) is 0 Å². The number of hydrogen-bond donors (Lipinski definition) is 2. The number of nitrogens with one attached hydrogen (secondary N) is 2. The van der Waals surface area contributed by atoms with Crippen molar-refractivity contribution in [3.8, 4) is 0 Å². The molecule has 0 fully saturated rings. The van der Waals surface area contributed by atoms with Crippen molar-refractivity contribution in [2.24, 2.45) is 0 Å². The van der Waals surface area contributed by atoms with Gasteiger partial charge in [-0.1, -0.05) is 29.8 Å². The van der Waals surface area contributed by atoms with E-state index in [-0.39, 0.29) is 5.75 Å². The van der Waals surface area contributed by atoms with Crippen LogP contribution in [0.3, 0.4) is 0 Å². The minimum atomic E-state index is -3.29. The molecule has 0 amide bonds. The molecular formula is C16H22N2O2S. The normalized spacial score (nSPS) is 11.8. The molecule has 0 saturated heterocycles. The third-order valence-corrected chi connectivity index (χ3v) is 4.77. The predicted octanol–water partition coefficient (Wildman–Crippen LogP) is 2.60. The minimum Gasteiger partial charge on any atom is -0.362 e. The van der Waals surface area contributed by atoms with Crippen molar-refractivity contribution in [2.75, 3.05) is 6.54 Å². The lowest BCUT2D eigenvalue weighted by Crippen LogP contribution is -2.27. The molecule has 0 atom stereocenters. The van der Waals surface area contributed by atoms with Crippen LogP contribution in [0.1, 0.15) is 28.1 Å². The van der Waals surface area contributed by atoms with Crippen LogP contribution in [0.4, 0.5) is 0 Å². The predicted molar refractivity (Wildman–Crippen MR) is 85.8 cm³/mol. The molecule has 0 saturated carbocycles. The molecule has 2 aromatic rings. The van der Waals surface area contributed by atoms with Gasteiger partial charge in [0.15, 0.2) is 0 Å². The van der Waals surface area contributed by atoms with Gasteiger partial charge in [-0.2, -0.15) is 0 Å². The van der Waals surface area contributed by atoms with Gasteiger partial charge < -0.3 is 4.98 Å². The number of aryl methyl sites for hydroxylation is 3. The molecule has 5 heteroatoms. The highest BCUT2D eigenvalue weighted by Crippen LogP contribution is 2.10. The maximum atomic E-state index is 12.1. The fourth-order valence-corrected chi connectivity index (χ4v) is 3.59. The molecule has 0 aliphatic heterocycles. The summed E-state index contributed by atoms with van der Waals surface area (Å²) in [5.74, 6) is 0.0276. The van der Waals surface area contributed by atoms with E-state index in [9.17, 15) is 8.42 Å². The Morgan fingerprint density at radius 1 is 1.14 bits per heavy atom. The van der Waals surface area contributed by atoms with Gasteiger partial charge in [0.05, 0.1) is 5.75 Å². The van der Waals surface area contributed by atoms with E-state index < -0.39 is 10.0 Å². The van der Waals surface area contributed by atoms with E-state index in [0.29, 0.717) is 13.0 Å². The Morgan fingerprint density at radius 2 is 1.90 bits per heavy atom. The van der Waals surface area contributed by atoms with Crippen LogP contribution >= 0.6 is 0 Å². The maximum absolute atomic E-state index is 12.1. The molecule has 1 aromatic carbocycles. The molecule has 2 N–H and O–H groups in total. The largest absolute Gasteiger partial charge is 0.362 e. The van der Waals surface area contributed by atoms with Crippen molar-refractivity contribution in [1.82, 2.24) is 9.71 Å². The zero-order valence-corrected chi connectivity index (χ0v) is 13.5. The summed E-state index contributed by atoms with van der Waals surface area (Å²) in [6.07, 6.45) is 0.698. The first-order valence-electron chi connectivity index (χ1n) is 7.04. The van der Waals surface area contributed by atoms with Crippen molar-refractivity contribution in [3.63, 3.8) is 0 Å². The lowest BCUT2D eigenvalue weighted by atomic mass is 10.2. The molecule has 0 aliphatic rings. The molecule has 0 spiro atoms. The number of aromatic nitrogens is 1. The van der Waals surface area contributed by atoms with Crippen LogP contribution in [-0.4, -0.2) is 19.9 Å². The molecule has 0 radical (unpaired) electrons. The van der Waals surface area contributed by atoms with Gasteiger partial charge in [0.2, 0.25) is 10.0 Å². The summed E-state index contributed by atoms with van der Waals surface area (Å²) >= 11 is 0. The molecule has 0 bridgehead atoms. The van der Waals surface area contributed by atoms with Gasteiger partial charge in [0.1, 0.15) is 0 Å². The van der Waals surface area contributed by atoms with Crippen molar-refractivity contribution in [2.45, 2.75) is 32.9 Å². The van der Waals surface area contributed by atoms with Crippen LogP contribution in [0.25, 0.3) is 0 Å². The summed E-state index contributed by atoms with van der Waals surface area (Å²) in [5, 5.41) is 0. The average Bonchev–Trinajstić information content (AvgIpc) is 2.67. The Kier molecular flexibility index (Phi) is 4.85. The summed E-state index contributed by atoms with van der Waals surface area (Å²) < 4.78 is 26.8. The monoisotopic (exact) mass is 306 g/mol. The highest BCUT2D eigenvalue weighted by molar-refractivity contribution is 7.88. The molecule has 1 heterocycles. The smallest absolute Gasteiger partial charge is 0.215 e.